The Labute approximate surface area is 204 Å². The number of nitrogens with zero attached hydrogens (tertiary/aromatic N) is 1. The number of rotatable bonds is 7. The molecule has 2 aliphatic heterocycles. The summed E-state index contributed by atoms with van der Waals surface area (Å²) in [6, 6.07) is 13.5. The molecule has 0 aliphatic carbocycles. The van der Waals surface area contributed by atoms with Gasteiger partial charge in [0.1, 0.15) is 29.8 Å². The van der Waals surface area contributed by atoms with Gasteiger partial charge in [0.2, 0.25) is 0 Å². The molecule has 3 heterocycles. The lowest BCUT2D eigenvalue weighted by Crippen LogP contribution is -2.40. The predicted molar refractivity (Wildman–Crippen MR) is 133 cm³/mol. The number of hydrogen-bond acceptors (Lipinski definition) is 8. The second-order valence-electron chi connectivity index (χ2n) is 9.23. The van der Waals surface area contributed by atoms with E-state index in [4.69, 9.17) is 29.4 Å². The van der Waals surface area contributed by atoms with E-state index in [1.54, 1.807) is 18.2 Å². The SMILES string of the molecule is CC(=N)OC(=N)c1cc2c(OC[C@@H](O)CN3CCC(c4cccc5c4CCO5)CC3)cccc2o1. The van der Waals surface area contributed by atoms with Gasteiger partial charge in [-0.1, -0.05) is 18.2 Å². The largest absolute Gasteiger partial charge is 0.493 e. The van der Waals surface area contributed by atoms with Gasteiger partial charge >= 0.3 is 0 Å². The van der Waals surface area contributed by atoms with Crippen molar-refractivity contribution < 1.29 is 23.7 Å². The lowest BCUT2D eigenvalue weighted by atomic mass is 9.85. The molecule has 0 spiro atoms. The van der Waals surface area contributed by atoms with Crippen LogP contribution in [0.25, 0.3) is 11.0 Å². The molecular formula is C27H31N3O5. The molecule has 1 saturated heterocycles. The summed E-state index contributed by atoms with van der Waals surface area (Å²) in [4.78, 5) is 2.30. The molecule has 5 rings (SSSR count). The van der Waals surface area contributed by atoms with Crippen molar-refractivity contribution in [2.24, 2.45) is 0 Å². The number of ether oxygens (including phenoxy) is 3. The standard InChI is InChI=1S/C27H31N3O5/c1-17(28)34-27(29)26-14-22-24(6-3-7-25(22)35-26)33-16-19(31)15-30-11-8-18(9-12-30)20-4-2-5-23-21(20)10-13-32-23/h2-7,14,18-19,28-29,31H,8-13,15-16H2,1H3/t19-/m0/s1. The average molecular weight is 478 g/mol. The third kappa shape index (κ3) is 5.18. The topological polar surface area (TPSA) is 112 Å². The summed E-state index contributed by atoms with van der Waals surface area (Å²) in [5.74, 6) is 2.09. The van der Waals surface area contributed by atoms with Crippen LogP contribution < -0.4 is 9.47 Å². The van der Waals surface area contributed by atoms with Gasteiger partial charge in [-0.2, -0.15) is 0 Å². The van der Waals surface area contributed by atoms with Crippen LogP contribution >= 0.6 is 0 Å². The highest BCUT2D eigenvalue weighted by atomic mass is 16.5. The van der Waals surface area contributed by atoms with Gasteiger partial charge in [-0.25, -0.2) is 0 Å². The van der Waals surface area contributed by atoms with Crippen LogP contribution in [0.3, 0.4) is 0 Å². The average Bonchev–Trinajstić information content (AvgIpc) is 3.50. The van der Waals surface area contributed by atoms with Crippen molar-refractivity contribution in [2.75, 3.05) is 32.8 Å². The first-order valence-electron chi connectivity index (χ1n) is 12.1. The molecule has 1 fully saturated rings. The Bertz CT molecular complexity index is 1230. The fraction of sp³-hybridized carbons (Fsp3) is 0.407. The van der Waals surface area contributed by atoms with E-state index in [9.17, 15) is 5.11 Å². The fourth-order valence-corrected chi connectivity index (χ4v) is 5.07. The summed E-state index contributed by atoms with van der Waals surface area (Å²) in [7, 11) is 0. The second-order valence-corrected chi connectivity index (χ2v) is 9.23. The number of piperidine rings is 1. The number of nitrogens with one attached hydrogen (secondary N) is 2. The Morgan fingerprint density at radius 3 is 2.77 bits per heavy atom. The van der Waals surface area contributed by atoms with Crippen LogP contribution in [-0.2, 0) is 11.2 Å². The number of fused-ring (bicyclic) bond motifs is 2. The Hall–Kier alpha value is -3.36. The lowest BCUT2D eigenvalue weighted by Gasteiger charge is -2.33. The molecule has 0 radical (unpaired) electrons. The van der Waals surface area contributed by atoms with E-state index < -0.39 is 6.10 Å². The van der Waals surface area contributed by atoms with Gasteiger partial charge in [-0.3, -0.25) is 10.8 Å². The van der Waals surface area contributed by atoms with Crippen LogP contribution in [0.15, 0.2) is 46.9 Å². The molecule has 8 heteroatoms. The molecule has 35 heavy (non-hydrogen) atoms. The minimum Gasteiger partial charge on any atom is -0.493 e. The Balaban J connectivity index is 1.14. The Morgan fingerprint density at radius 1 is 1.17 bits per heavy atom. The second kappa shape index (κ2) is 10.1. The Kier molecular flexibility index (Phi) is 6.74. The summed E-state index contributed by atoms with van der Waals surface area (Å²) in [5.41, 5.74) is 3.37. The number of aliphatic hydroxyl groups is 1. The minimum absolute atomic E-state index is 0.0826. The number of furan rings is 1. The maximum absolute atomic E-state index is 10.7. The Morgan fingerprint density at radius 2 is 1.97 bits per heavy atom. The molecule has 184 valence electrons. The number of β-amino-alcohol motifs (C(OH)–C–C–N with tert-alkyl or cyclic N) is 1. The summed E-state index contributed by atoms with van der Waals surface area (Å²) in [6.07, 6.45) is 2.53. The molecule has 0 unspecified atom stereocenters. The zero-order chi connectivity index (χ0) is 24.4. The van der Waals surface area contributed by atoms with E-state index in [0.717, 1.165) is 44.7 Å². The van der Waals surface area contributed by atoms with Crippen molar-refractivity contribution in [1.29, 1.82) is 10.8 Å². The highest BCUT2D eigenvalue weighted by molar-refractivity contribution is 6.00. The predicted octanol–water partition coefficient (Wildman–Crippen LogP) is 4.33. The van der Waals surface area contributed by atoms with Crippen LogP contribution in [0.4, 0.5) is 0 Å². The minimum atomic E-state index is -0.621. The summed E-state index contributed by atoms with van der Waals surface area (Å²) < 4.78 is 22.4. The molecule has 2 aliphatic rings. The summed E-state index contributed by atoms with van der Waals surface area (Å²) in [5, 5.41) is 26.7. The maximum Gasteiger partial charge on any atom is 0.256 e. The lowest BCUT2D eigenvalue weighted by molar-refractivity contribution is 0.0599. The van der Waals surface area contributed by atoms with E-state index in [0.29, 0.717) is 29.2 Å². The summed E-state index contributed by atoms with van der Waals surface area (Å²) in [6.45, 7) is 4.86. The van der Waals surface area contributed by atoms with Crippen molar-refractivity contribution in [3.63, 3.8) is 0 Å². The van der Waals surface area contributed by atoms with Gasteiger partial charge in [0.05, 0.1) is 12.0 Å². The van der Waals surface area contributed by atoms with E-state index in [-0.39, 0.29) is 24.2 Å². The number of benzene rings is 2. The number of aliphatic hydroxyl groups excluding tert-OH is 1. The van der Waals surface area contributed by atoms with E-state index in [1.165, 1.54) is 18.1 Å². The van der Waals surface area contributed by atoms with Crippen molar-refractivity contribution in [3.05, 3.63) is 59.4 Å². The highest BCUT2D eigenvalue weighted by Gasteiger charge is 2.26. The smallest absolute Gasteiger partial charge is 0.256 e. The maximum atomic E-state index is 10.7. The molecule has 1 aromatic heterocycles. The highest BCUT2D eigenvalue weighted by Crippen LogP contribution is 2.37. The quantitative estimate of drug-likeness (QED) is 0.345. The normalized spacial score (nSPS) is 17.1. The van der Waals surface area contributed by atoms with Crippen LogP contribution in [0.2, 0.25) is 0 Å². The molecule has 2 aromatic carbocycles. The van der Waals surface area contributed by atoms with Crippen LogP contribution in [0, 0.1) is 10.8 Å². The molecule has 0 bridgehead atoms. The van der Waals surface area contributed by atoms with Gasteiger partial charge in [0, 0.05) is 31.5 Å². The van der Waals surface area contributed by atoms with Crippen molar-refractivity contribution in [1.82, 2.24) is 4.90 Å². The van der Waals surface area contributed by atoms with Crippen molar-refractivity contribution in [3.8, 4) is 11.5 Å². The summed E-state index contributed by atoms with van der Waals surface area (Å²) >= 11 is 0. The fourth-order valence-electron chi connectivity index (χ4n) is 5.07. The molecule has 1 atom stereocenters. The van der Waals surface area contributed by atoms with Gasteiger partial charge in [0.15, 0.2) is 11.7 Å². The van der Waals surface area contributed by atoms with Crippen molar-refractivity contribution in [2.45, 2.75) is 38.2 Å². The van der Waals surface area contributed by atoms with Gasteiger partial charge in [0.25, 0.3) is 5.90 Å². The van der Waals surface area contributed by atoms with Crippen LogP contribution in [-0.4, -0.2) is 60.8 Å². The van der Waals surface area contributed by atoms with Crippen LogP contribution in [0.5, 0.6) is 11.5 Å². The first kappa shape index (κ1) is 23.4. The molecule has 3 N–H and O–H groups in total. The number of likely N-dealkylation sites (tertiary alicyclic amines) is 1. The van der Waals surface area contributed by atoms with E-state index in [2.05, 4.69) is 23.1 Å². The molecule has 0 amide bonds. The molecule has 0 saturated carbocycles. The third-order valence-corrected chi connectivity index (χ3v) is 6.71. The number of hydrogen-bond donors (Lipinski definition) is 3. The molecule has 3 aromatic rings. The molecule has 8 nitrogen and oxygen atoms in total. The zero-order valence-corrected chi connectivity index (χ0v) is 19.9. The van der Waals surface area contributed by atoms with Crippen LogP contribution in [0.1, 0.15) is 42.6 Å². The first-order valence-corrected chi connectivity index (χ1v) is 12.1. The first-order chi connectivity index (χ1) is 17.0. The van der Waals surface area contributed by atoms with Crippen molar-refractivity contribution >= 4 is 22.8 Å². The zero-order valence-electron chi connectivity index (χ0n) is 19.9. The third-order valence-electron chi connectivity index (χ3n) is 6.71. The van der Waals surface area contributed by atoms with Gasteiger partial charge in [-0.15, -0.1) is 0 Å². The van der Waals surface area contributed by atoms with Gasteiger partial charge < -0.3 is 28.6 Å². The van der Waals surface area contributed by atoms with E-state index >= 15 is 0 Å². The molecular weight excluding hydrogens is 446 g/mol. The van der Waals surface area contributed by atoms with Gasteiger partial charge in [-0.05, 0) is 55.6 Å². The monoisotopic (exact) mass is 477 g/mol. The van der Waals surface area contributed by atoms with E-state index in [1.807, 2.05) is 6.07 Å².